The Morgan fingerprint density at radius 2 is 2.11 bits per heavy atom. The van der Waals surface area contributed by atoms with E-state index in [0.29, 0.717) is 31.5 Å². The molecule has 2 heterocycles. The first-order chi connectivity index (χ1) is 16.7. The van der Waals surface area contributed by atoms with Crippen molar-refractivity contribution in [2.45, 2.75) is 12.8 Å². The first-order valence-corrected chi connectivity index (χ1v) is 11.8. The summed E-state index contributed by atoms with van der Waals surface area (Å²) in [6.07, 6.45) is 3.68. The molecule has 186 valence electrons. The van der Waals surface area contributed by atoms with E-state index in [1.807, 2.05) is 0 Å². The van der Waals surface area contributed by atoms with Crippen molar-refractivity contribution in [2.24, 2.45) is 16.8 Å². The summed E-state index contributed by atoms with van der Waals surface area (Å²) in [5, 5.41) is 17.0. The Morgan fingerprint density at radius 1 is 1.40 bits per heavy atom. The molecule has 3 rings (SSSR count). The van der Waals surface area contributed by atoms with Crippen molar-refractivity contribution in [2.75, 3.05) is 30.7 Å². The van der Waals surface area contributed by atoms with Crippen molar-refractivity contribution in [1.82, 2.24) is 14.9 Å². The number of ether oxygens (including phenoxy) is 1. The Labute approximate surface area is 211 Å². The van der Waals surface area contributed by atoms with E-state index >= 15 is 0 Å². The molecule has 1 aromatic carbocycles. The number of nitrogen functional groups attached to an aromatic ring is 1. The Kier molecular flexibility index (Phi) is 8.90. The number of nitrogens with one attached hydrogen (secondary N) is 2. The molecule has 1 aliphatic rings. The van der Waals surface area contributed by atoms with Crippen LogP contribution >= 0.6 is 23.5 Å². The van der Waals surface area contributed by atoms with Crippen molar-refractivity contribution in [1.29, 1.82) is 5.41 Å². The van der Waals surface area contributed by atoms with Gasteiger partial charge in [-0.15, -0.1) is 0 Å². The van der Waals surface area contributed by atoms with Crippen LogP contribution in [0.3, 0.4) is 0 Å². The predicted molar refractivity (Wildman–Crippen MR) is 137 cm³/mol. The maximum Gasteiger partial charge on any atom is 0.245 e. The molecule has 10 nitrogen and oxygen atoms in total. The van der Waals surface area contributed by atoms with Crippen molar-refractivity contribution >= 4 is 52.5 Å². The van der Waals surface area contributed by atoms with Gasteiger partial charge in [-0.2, -0.15) is 0 Å². The summed E-state index contributed by atoms with van der Waals surface area (Å²) in [6.45, 7) is 4.45. The highest BCUT2D eigenvalue weighted by atomic mass is 35.5. The van der Waals surface area contributed by atoms with E-state index in [4.69, 9.17) is 38.4 Å². The number of nitrogens with zero attached hydrogens (tertiary/aromatic N) is 3. The predicted octanol–water partition coefficient (Wildman–Crippen LogP) is 3.09. The van der Waals surface area contributed by atoms with Crippen molar-refractivity contribution in [3.63, 3.8) is 0 Å². The highest BCUT2D eigenvalue weighted by molar-refractivity contribution is 8.02. The fraction of sp³-hybridized carbons (Fsp3) is 0.273. The second-order valence-electron chi connectivity index (χ2n) is 7.67. The minimum Gasteiger partial charge on any atom is -0.487 e. The number of halogens is 2. The Bertz CT molecular complexity index is 1150. The molecule has 1 fully saturated rings. The van der Waals surface area contributed by atoms with E-state index in [-0.39, 0.29) is 57.3 Å². The molecule has 0 spiro atoms. The quantitative estimate of drug-likeness (QED) is 0.189. The summed E-state index contributed by atoms with van der Waals surface area (Å²) in [7, 11) is 0. The summed E-state index contributed by atoms with van der Waals surface area (Å²) in [4.78, 5) is 21.7. The van der Waals surface area contributed by atoms with Crippen molar-refractivity contribution < 1.29 is 13.9 Å². The second kappa shape index (κ2) is 11.9. The first-order valence-electron chi connectivity index (χ1n) is 10.6. The molecule has 0 bridgehead atoms. The van der Waals surface area contributed by atoms with Crippen LogP contribution in [0.25, 0.3) is 0 Å². The van der Waals surface area contributed by atoms with E-state index in [1.54, 1.807) is 11.0 Å². The largest absolute Gasteiger partial charge is 0.487 e. The van der Waals surface area contributed by atoms with Crippen LogP contribution in [0.15, 0.2) is 47.2 Å². The van der Waals surface area contributed by atoms with Crippen LogP contribution in [0.2, 0.25) is 0 Å². The molecule has 0 radical (unpaired) electrons. The lowest BCUT2D eigenvalue weighted by Crippen LogP contribution is -2.39. The third kappa shape index (κ3) is 6.41. The zero-order chi connectivity index (χ0) is 25.5. The summed E-state index contributed by atoms with van der Waals surface area (Å²) in [6, 6.07) is 4.19. The lowest BCUT2D eigenvalue weighted by molar-refractivity contribution is -0.127. The molecule has 13 heteroatoms. The number of aromatic nitrogens is 2. The van der Waals surface area contributed by atoms with Crippen LogP contribution in [0, 0.1) is 17.1 Å². The van der Waals surface area contributed by atoms with Crippen molar-refractivity contribution in [3.8, 4) is 5.75 Å². The normalized spacial score (nSPS) is 14.8. The molecular weight excluding hydrogens is 495 g/mol. The molecule has 1 amide bonds. The molecule has 1 aliphatic heterocycles. The second-order valence-corrected chi connectivity index (χ2v) is 8.92. The molecular formula is C22H26ClFN8O2S. The molecule has 2 aromatic rings. The molecule has 8 N–H and O–H groups in total. The zero-order valence-electron chi connectivity index (χ0n) is 18.8. The number of carbonyl (C=O) groups is 1. The molecule has 35 heavy (non-hydrogen) atoms. The average Bonchev–Trinajstić information content (AvgIpc) is 2.87. The van der Waals surface area contributed by atoms with E-state index in [2.05, 4.69) is 21.9 Å². The van der Waals surface area contributed by atoms with Crippen LogP contribution in [0.1, 0.15) is 18.4 Å². The number of piperidine rings is 1. The summed E-state index contributed by atoms with van der Waals surface area (Å²) in [5.41, 5.74) is 12.7. The van der Waals surface area contributed by atoms with Crippen LogP contribution in [0.5, 0.6) is 5.75 Å². The third-order valence-electron chi connectivity index (χ3n) is 5.48. The lowest BCUT2D eigenvalue weighted by Gasteiger charge is -2.32. The van der Waals surface area contributed by atoms with Crippen LogP contribution in [-0.4, -0.2) is 46.2 Å². The van der Waals surface area contributed by atoms with Crippen LogP contribution < -0.4 is 26.7 Å². The van der Waals surface area contributed by atoms with E-state index in [9.17, 15) is 9.18 Å². The Balaban J connectivity index is 1.75. The van der Waals surface area contributed by atoms with Gasteiger partial charge < -0.3 is 31.8 Å². The number of hydrogen-bond donors (Lipinski definition) is 5. The topological polar surface area (TPSA) is 169 Å². The van der Waals surface area contributed by atoms with Gasteiger partial charge in [0.05, 0.1) is 16.9 Å². The highest BCUT2D eigenvalue weighted by Crippen LogP contribution is 2.30. The smallest absolute Gasteiger partial charge is 0.245 e. The van der Waals surface area contributed by atoms with E-state index in [0.717, 1.165) is 11.9 Å². The summed E-state index contributed by atoms with van der Waals surface area (Å²) in [5.74, 6) is -0.361. The van der Waals surface area contributed by atoms with Gasteiger partial charge in [0.1, 0.15) is 40.5 Å². The number of benzene rings is 1. The van der Waals surface area contributed by atoms with E-state index in [1.165, 1.54) is 24.5 Å². The van der Waals surface area contributed by atoms with Gasteiger partial charge >= 0.3 is 0 Å². The number of rotatable bonds is 9. The number of hydrogen-bond acceptors (Lipinski definition) is 10. The molecule has 0 saturated carbocycles. The first kappa shape index (κ1) is 26.3. The molecule has 1 aromatic heterocycles. The van der Waals surface area contributed by atoms with Gasteiger partial charge in [-0.05, 0) is 43.0 Å². The number of likely N-dealkylation sites (tertiary alicyclic amines) is 1. The fourth-order valence-electron chi connectivity index (χ4n) is 3.59. The minimum absolute atomic E-state index is 0.0593. The van der Waals surface area contributed by atoms with Gasteiger partial charge in [0, 0.05) is 30.8 Å². The Morgan fingerprint density at radius 3 is 2.74 bits per heavy atom. The molecule has 0 unspecified atom stereocenters. The number of amides is 1. The maximum absolute atomic E-state index is 14.8. The number of nitrogens with two attached hydrogens (primary N) is 3. The molecule has 0 aliphatic carbocycles. The summed E-state index contributed by atoms with van der Waals surface area (Å²) < 4.78 is 20.5. The van der Waals surface area contributed by atoms with Crippen LogP contribution in [-0.2, 0) is 4.79 Å². The maximum atomic E-state index is 14.8. The summed E-state index contributed by atoms with van der Waals surface area (Å²) >= 11 is 6.62. The van der Waals surface area contributed by atoms with Gasteiger partial charge in [-0.3, -0.25) is 9.93 Å². The average molecular weight is 521 g/mol. The Hall–Kier alpha value is -3.35. The van der Waals surface area contributed by atoms with Gasteiger partial charge in [0.15, 0.2) is 0 Å². The van der Waals surface area contributed by atoms with Crippen molar-refractivity contribution in [3.05, 3.63) is 58.6 Å². The van der Waals surface area contributed by atoms with E-state index < -0.39 is 5.82 Å². The monoisotopic (exact) mass is 520 g/mol. The fourth-order valence-corrected chi connectivity index (χ4v) is 3.85. The van der Waals surface area contributed by atoms with Gasteiger partial charge in [0.2, 0.25) is 5.91 Å². The van der Waals surface area contributed by atoms with Gasteiger partial charge in [-0.25, -0.2) is 14.4 Å². The van der Waals surface area contributed by atoms with Gasteiger partial charge in [0.25, 0.3) is 0 Å². The standard InChI is InChI=1S/C22H26ClFN8O2S/c1-2-17(33)32-7-5-12(6-8-32)19(26)18-21(27)29-11-30-22(18)31-16-4-3-13(9-14(16)24)34-10-15(25)20(23)35-28/h2-4,9,11-12,26H,1,5-8,10,25,28H2,(H3,27,29,30,31)/b20-15-,26-19?. The number of carbonyl (C=O) groups excluding carboxylic acids is 1. The molecule has 1 saturated heterocycles. The van der Waals surface area contributed by atoms with Crippen LogP contribution in [0.4, 0.5) is 21.7 Å². The lowest BCUT2D eigenvalue weighted by atomic mass is 9.88. The number of anilines is 3. The highest BCUT2D eigenvalue weighted by Gasteiger charge is 2.28. The SMILES string of the molecule is C=CC(=O)N1CCC(C(=N)c2c(N)ncnc2Nc2ccc(OC/C(N)=C(\Cl)SN)cc2F)CC1. The third-order valence-corrected chi connectivity index (χ3v) is 6.46. The molecule has 0 atom stereocenters. The van der Waals surface area contributed by atoms with Gasteiger partial charge in [-0.1, -0.05) is 18.2 Å². The zero-order valence-corrected chi connectivity index (χ0v) is 20.3. The minimum atomic E-state index is -0.616.